The molecule has 1 amide bonds. The molecule has 0 heterocycles. The van der Waals surface area contributed by atoms with Crippen LogP contribution in [0.4, 0.5) is 11.4 Å². The first-order valence-corrected chi connectivity index (χ1v) is 11.2. The zero-order valence-corrected chi connectivity index (χ0v) is 18.1. The Balaban J connectivity index is 1.80. The first kappa shape index (κ1) is 22.8. The van der Waals surface area contributed by atoms with Crippen LogP contribution in [0.5, 0.6) is 5.75 Å². The summed E-state index contributed by atoms with van der Waals surface area (Å²) in [4.78, 5) is 23.5. The smallest absolute Gasteiger partial charge is 0.303 e. The summed E-state index contributed by atoms with van der Waals surface area (Å²) in [6, 6.07) is 19.1. The van der Waals surface area contributed by atoms with E-state index in [1.165, 1.54) is 31.4 Å². The van der Waals surface area contributed by atoms with Crippen molar-refractivity contribution in [3.05, 3.63) is 83.9 Å². The Morgan fingerprint density at radius 2 is 1.53 bits per heavy atom. The number of anilines is 2. The third-order valence-corrected chi connectivity index (χ3v) is 6.01. The van der Waals surface area contributed by atoms with Gasteiger partial charge < -0.3 is 15.2 Å². The van der Waals surface area contributed by atoms with E-state index in [4.69, 9.17) is 9.84 Å². The molecule has 0 saturated heterocycles. The van der Waals surface area contributed by atoms with Crippen molar-refractivity contribution >= 4 is 33.3 Å². The summed E-state index contributed by atoms with van der Waals surface area (Å²) in [6.07, 6.45) is 0.258. The molecule has 32 heavy (non-hydrogen) atoms. The van der Waals surface area contributed by atoms with Gasteiger partial charge in [0.05, 0.1) is 28.9 Å². The van der Waals surface area contributed by atoms with Crippen LogP contribution in [0.2, 0.25) is 0 Å². The lowest BCUT2D eigenvalue weighted by atomic mass is 10.1. The molecule has 3 N–H and O–H groups in total. The van der Waals surface area contributed by atoms with E-state index >= 15 is 0 Å². The molecule has 3 aromatic rings. The molecule has 0 aromatic heterocycles. The Morgan fingerprint density at radius 1 is 0.906 bits per heavy atom. The number of carboxylic acids is 1. The third-order valence-electron chi connectivity index (χ3n) is 4.63. The number of rotatable bonds is 9. The van der Waals surface area contributed by atoms with Crippen LogP contribution in [0.25, 0.3) is 0 Å². The van der Waals surface area contributed by atoms with E-state index in [-0.39, 0.29) is 22.6 Å². The van der Waals surface area contributed by atoms with Crippen molar-refractivity contribution in [3.8, 4) is 5.75 Å². The van der Waals surface area contributed by atoms with E-state index in [0.717, 1.165) is 0 Å². The van der Waals surface area contributed by atoms with Crippen molar-refractivity contribution in [2.45, 2.75) is 17.7 Å². The number of benzene rings is 3. The molecule has 0 spiro atoms. The van der Waals surface area contributed by atoms with Gasteiger partial charge in [0.25, 0.3) is 15.9 Å². The second-order valence-electron chi connectivity index (χ2n) is 6.84. The Labute approximate surface area is 185 Å². The minimum atomic E-state index is -3.97. The SMILES string of the molecule is COc1ccccc1NC(=O)c1ccccc1NS(=O)(=O)c1ccc(CCC(=O)O)cc1. The molecule has 3 aromatic carbocycles. The van der Waals surface area contributed by atoms with Gasteiger partial charge in [-0.25, -0.2) is 8.42 Å². The molecule has 166 valence electrons. The number of para-hydroxylation sites is 3. The molecule has 0 fully saturated rings. The number of carbonyl (C=O) groups excluding carboxylic acids is 1. The van der Waals surface area contributed by atoms with Crippen molar-refractivity contribution in [2.75, 3.05) is 17.1 Å². The van der Waals surface area contributed by atoms with Crippen LogP contribution in [-0.2, 0) is 21.2 Å². The molecule has 8 nitrogen and oxygen atoms in total. The fourth-order valence-corrected chi connectivity index (χ4v) is 4.08. The van der Waals surface area contributed by atoms with Crippen molar-refractivity contribution in [1.29, 1.82) is 0 Å². The topological polar surface area (TPSA) is 122 Å². The minimum Gasteiger partial charge on any atom is -0.495 e. The molecule has 0 radical (unpaired) electrons. The lowest BCUT2D eigenvalue weighted by Crippen LogP contribution is -2.19. The number of hydrogen-bond donors (Lipinski definition) is 3. The molecule has 0 bridgehead atoms. The average molecular weight is 455 g/mol. The summed E-state index contributed by atoms with van der Waals surface area (Å²) in [6.45, 7) is 0. The van der Waals surface area contributed by atoms with Gasteiger partial charge in [0.15, 0.2) is 0 Å². The maximum Gasteiger partial charge on any atom is 0.303 e. The standard InChI is InChI=1S/C23H22N2O6S/c1-31-21-9-5-4-8-20(21)24-23(28)18-6-2-3-7-19(18)25-32(29,30)17-13-10-16(11-14-17)12-15-22(26)27/h2-11,13-14,25H,12,15H2,1H3,(H,24,28)(H,26,27). The van der Waals surface area contributed by atoms with Gasteiger partial charge in [0.1, 0.15) is 5.75 Å². The first-order chi connectivity index (χ1) is 15.3. The maximum absolute atomic E-state index is 12.9. The second kappa shape index (κ2) is 9.97. The molecule has 0 aliphatic heterocycles. The number of aryl methyl sites for hydroxylation is 1. The third kappa shape index (κ3) is 5.64. The molecular weight excluding hydrogens is 432 g/mol. The normalized spacial score (nSPS) is 10.9. The zero-order valence-electron chi connectivity index (χ0n) is 17.2. The van der Waals surface area contributed by atoms with Crippen molar-refractivity contribution in [1.82, 2.24) is 0 Å². The molecule has 0 aliphatic carbocycles. The van der Waals surface area contributed by atoms with E-state index < -0.39 is 21.9 Å². The predicted octanol–water partition coefficient (Wildman–Crippen LogP) is 3.77. The van der Waals surface area contributed by atoms with Gasteiger partial charge in [0, 0.05) is 6.42 Å². The molecule has 0 aliphatic rings. The molecule has 0 atom stereocenters. The Kier molecular flexibility index (Phi) is 7.11. The number of aliphatic carboxylic acids is 1. The van der Waals surface area contributed by atoms with Crippen LogP contribution in [0, 0.1) is 0 Å². The van der Waals surface area contributed by atoms with Crippen molar-refractivity contribution in [3.63, 3.8) is 0 Å². The van der Waals surface area contributed by atoms with Crippen LogP contribution in [-0.4, -0.2) is 32.5 Å². The highest BCUT2D eigenvalue weighted by molar-refractivity contribution is 7.92. The predicted molar refractivity (Wildman–Crippen MR) is 121 cm³/mol. The quantitative estimate of drug-likeness (QED) is 0.453. The second-order valence-corrected chi connectivity index (χ2v) is 8.53. The van der Waals surface area contributed by atoms with Crippen molar-refractivity contribution in [2.24, 2.45) is 0 Å². The van der Waals surface area contributed by atoms with Crippen LogP contribution in [0.15, 0.2) is 77.7 Å². The van der Waals surface area contributed by atoms with Gasteiger partial charge in [0.2, 0.25) is 0 Å². The summed E-state index contributed by atoms with van der Waals surface area (Å²) in [7, 11) is -2.49. The number of nitrogens with one attached hydrogen (secondary N) is 2. The van der Waals surface area contributed by atoms with Gasteiger partial charge in [-0.15, -0.1) is 0 Å². The number of sulfonamides is 1. The zero-order chi connectivity index (χ0) is 23.1. The lowest BCUT2D eigenvalue weighted by Gasteiger charge is -2.14. The molecular formula is C23H22N2O6S. The lowest BCUT2D eigenvalue weighted by molar-refractivity contribution is -0.136. The number of carboxylic acid groups (broad SMARTS) is 1. The van der Waals surface area contributed by atoms with Crippen LogP contribution in [0.3, 0.4) is 0 Å². The van der Waals surface area contributed by atoms with E-state index in [2.05, 4.69) is 10.0 Å². The average Bonchev–Trinajstić information content (AvgIpc) is 2.78. The highest BCUT2D eigenvalue weighted by Gasteiger charge is 2.19. The highest BCUT2D eigenvalue weighted by atomic mass is 32.2. The van der Waals surface area contributed by atoms with Gasteiger partial charge >= 0.3 is 5.97 Å². The maximum atomic E-state index is 12.9. The van der Waals surface area contributed by atoms with Crippen LogP contribution < -0.4 is 14.8 Å². The van der Waals surface area contributed by atoms with E-state index in [1.807, 2.05) is 0 Å². The Bertz CT molecular complexity index is 1220. The van der Waals surface area contributed by atoms with Crippen molar-refractivity contribution < 1.29 is 27.9 Å². The summed E-state index contributed by atoms with van der Waals surface area (Å²) < 4.78 is 33.4. The van der Waals surface area contributed by atoms with E-state index in [9.17, 15) is 18.0 Å². The molecule has 3 rings (SSSR count). The van der Waals surface area contributed by atoms with E-state index in [0.29, 0.717) is 23.4 Å². The fourth-order valence-electron chi connectivity index (χ4n) is 3.00. The van der Waals surface area contributed by atoms with Gasteiger partial charge in [-0.2, -0.15) is 0 Å². The summed E-state index contributed by atoms with van der Waals surface area (Å²) in [5, 5.41) is 11.5. The summed E-state index contributed by atoms with van der Waals surface area (Å²) >= 11 is 0. The van der Waals surface area contributed by atoms with Gasteiger partial charge in [-0.05, 0) is 48.4 Å². The molecule has 0 unspecified atom stereocenters. The number of amides is 1. The van der Waals surface area contributed by atoms with Gasteiger partial charge in [-0.3, -0.25) is 14.3 Å². The fraction of sp³-hybridized carbons (Fsp3) is 0.130. The molecule has 9 heteroatoms. The monoisotopic (exact) mass is 454 g/mol. The van der Waals surface area contributed by atoms with E-state index in [1.54, 1.807) is 48.5 Å². The first-order valence-electron chi connectivity index (χ1n) is 9.67. The number of carbonyl (C=O) groups is 2. The van der Waals surface area contributed by atoms with Crippen LogP contribution >= 0.6 is 0 Å². The number of methoxy groups -OCH3 is 1. The van der Waals surface area contributed by atoms with Crippen LogP contribution in [0.1, 0.15) is 22.3 Å². The highest BCUT2D eigenvalue weighted by Crippen LogP contribution is 2.26. The summed E-state index contributed by atoms with van der Waals surface area (Å²) in [5.74, 6) is -0.954. The largest absolute Gasteiger partial charge is 0.495 e. The number of ether oxygens (including phenoxy) is 1. The Hall–Kier alpha value is -3.85. The van der Waals surface area contributed by atoms with Gasteiger partial charge in [-0.1, -0.05) is 36.4 Å². The molecule has 0 saturated carbocycles. The Morgan fingerprint density at radius 3 is 2.19 bits per heavy atom. The summed E-state index contributed by atoms with van der Waals surface area (Å²) in [5.41, 5.74) is 1.42. The minimum absolute atomic E-state index is 0.00323. The number of hydrogen-bond acceptors (Lipinski definition) is 5.